The summed E-state index contributed by atoms with van der Waals surface area (Å²) in [5.74, 6) is -0.434. The van der Waals surface area contributed by atoms with E-state index in [1.165, 1.54) is 6.07 Å². The van der Waals surface area contributed by atoms with E-state index >= 15 is 0 Å². The SMILES string of the molecule is CC(C)c1ccc(CS(=O)(=O)c2cc(N)cc(F)c2)cc1. The fourth-order valence-electron chi connectivity index (χ4n) is 2.07. The second kappa shape index (κ2) is 5.85. The summed E-state index contributed by atoms with van der Waals surface area (Å²) in [6.07, 6.45) is 0. The zero-order valence-electron chi connectivity index (χ0n) is 12.0. The van der Waals surface area contributed by atoms with E-state index in [1.54, 1.807) is 12.1 Å². The highest BCUT2D eigenvalue weighted by Crippen LogP contribution is 2.22. The Balaban J connectivity index is 2.28. The van der Waals surface area contributed by atoms with Gasteiger partial charge in [-0.2, -0.15) is 0 Å². The average molecular weight is 307 g/mol. The molecule has 0 heterocycles. The lowest BCUT2D eigenvalue weighted by atomic mass is 10.0. The first-order valence-electron chi connectivity index (χ1n) is 6.65. The number of nitrogen functional groups attached to an aromatic ring is 1. The van der Waals surface area contributed by atoms with Crippen LogP contribution in [0.15, 0.2) is 47.4 Å². The first-order valence-corrected chi connectivity index (χ1v) is 8.31. The molecule has 2 aromatic rings. The highest BCUT2D eigenvalue weighted by Gasteiger charge is 2.17. The molecule has 0 bridgehead atoms. The lowest BCUT2D eigenvalue weighted by Crippen LogP contribution is -2.06. The van der Waals surface area contributed by atoms with E-state index in [1.807, 2.05) is 12.1 Å². The van der Waals surface area contributed by atoms with Crippen LogP contribution in [0.1, 0.15) is 30.9 Å². The van der Waals surface area contributed by atoms with E-state index in [4.69, 9.17) is 5.73 Å². The molecular weight excluding hydrogens is 289 g/mol. The van der Waals surface area contributed by atoms with E-state index < -0.39 is 15.7 Å². The Hall–Kier alpha value is -1.88. The molecule has 0 aliphatic carbocycles. The van der Waals surface area contributed by atoms with Gasteiger partial charge in [-0.1, -0.05) is 38.1 Å². The third-order valence-corrected chi connectivity index (χ3v) is 4.92. The van der Waals surface area contributed by atoms with Crippen molar-refractivity contribution in [3.05, 3.63) is 59.4 Å². The van der Waals surface area contributed by atoms with Gasteiger partial charge in [-0.15, -0.1) is 0 Å². The Morgan fingerprint density at radius 3 is 2.24 bits per heavy atom. The number of halogens is 1. The highest BCUT2D eigenvalue weighted by atomic mass is 32.2. The summed E-state index contributed by atoms with van der Waals surface area (Å²) in [6.45, 7) is 4.14. The van der Waals surface area contributed by atoms with Crippen molar-refractivity contribution in [2.24, 2.45) is 0 Å². The second-order valence-electron chi connectivity index (χ2n) is 5.38. The summed E-state index contributed by atoms with van der Waals surface area (Å²) in [5, 5.41) is 0. The largest absolute Gasteiger partial charge is 0.399 e. The van der Waals surface area contributed by atoms with Crippen molar-refractivity contribution in [2.45, 2.75) is 30.4 Å². The monoisotopic (exact) mass is 307 g/mol. The molecule has 0 saturated carbocycles. The molecular formula is C16H18FNO2S. The first kappa shape index (κ1) is 15.5. The van der Waals surface area contributed by atoms with Crippen LogP contribution in [0.4, 0.5) is 10.1 Å². The predicted molar refractivity (Wildman–Crippen MR) is 82.2 cm³/mol. The van der Waals surface area contributed by atoms with Gasteiger partial charge in [0.2, 0.25) is 0 Å². The van der Waals surface area contributed by atoms with Crippen LogP contribution < -0.4 is 5.73 Å². The summed E-state index contributed by atoms with van der Waals surface area (Å²) in [6, 6.07) is 10.8. The first-order chi connectivity index (χ1) is 9.78. The molecule has 2 rings (SSSR count). The molecule has 0 radical (unpaired) electrons. The molecule has 3 nitrogen and oxygen atoms in total. The van der Waals surface area contributed by atoms with Gasteiger partial charge in [-0.3, -0.25) is 0 Å². The van der Waals surface area contributed by atoms with E-state index in [0.29, 0.717) is 11.5 Å². The fraction of sp³-hybridized carbons (Fsp3) is 0.250. The summed E-state index contributed by atoms with van der Waals surface area (Å²) in [7, 11) is -3.61. The average Bonchev–Trinajstić information content (AvgIpc) is 2.37. The lowest BCUT2D eigenvalue weighted by Gasteiger charge is -2.08. The molecule has 0 amide bonds. The molecule has 0 spiro atoms. The molecule has 0 unspecified atom stereocenters. The maximum atomic E-state index is 13.3. The van der Waals surface area contributed by atoms with Crippen molar-refractivity contribution < 1.29 is 12.8 Å². The molecule has 21 heavy (non-hydrogen) atoms. The van der Waals surface area contributed by atoms with Crippen molar-refractivity contribution in [1.82, 2.24) is 0 Å². The van der Waals surface area contributed by atoms with Crippen LogP contribution in [0.2, 0.25) is 0 Å². The quantitative estimate of drug-likeness (QED) is 0.879. The van der Waals surface area contributed by atoms with Crippen molar-refractivity contribution >= 4 is 15.5 Å². The maximum Gasteiger partial charge on any atom is 0.182 e. The summed E-state index contributed by atoms with van der Waals surface area (Å²) in [4.78, 5) is -0.0899. The van der Waals surface area contributed by atoms with E-state index in [-0.39, 0.29) is 16.3 Å². The molecule has 0 aromatic heterocycles. The van der Waals surface area contributed by atoms with Crippen LogP contribution in [0.5, 0.6) is 0 Å². The van der Waals surface area contributed by atoms with Gasteiger partial charge < -0.3 is 5.73 Å². The van der Waals surface area contributed by atoms with Gasteiger partial charge in [0.15, 0.2) is 9.84 Å². The smallest absolute Gasteiger partial charge is 0.182 e. The lowest BCUT2D eigenvalue weighted by molar-refractivity contribution is 0.590. The Kier molecular flexibility index (Phi) is 4.32. The number of hydrogen-bond donors (Lipinski definition) is 1. The summed E-state index contributed by atoms with van der Waals surface area (Å²) < 4.78 is 37.9. The molecule has 0 saturated heterocycles. The zero-order valence-corrected chi connectivity index (χ0v) is 12.8. The Labute approximate surface area is 124 Å². The van der Waals surface area contributed by atoms with Crippen LogP contribution in [0, 0.1) is 5.82 Å². The second-order valence-corrected chi connectivity index (χ2v) is 7.37. The minimum absolute atomic E-state index is 0.0899. The number of anilines is 1. The molecule has 2 N–H and O–H groups in total. The van der Waals surface area contributed by atoms with Gasteiger partial charge in [-0.25, -0.2) is 12.8 Å². The molecule has 0 atom stereocenters. The number of rotatable bonds is 4. The molecule has 0 aliphatic heterocycles. The van der Waals surface area contributed by atoms with Crippen LogP contribution in [-0.4, -0.2) is 8.42 Å². The minimum atomic E-state index is -3.61. The van der Waals surface area contributed by atoms with Gasteiger partial charge in [0.25, 0.3) is 0 Å². The normalized spacial score (nSPS) is 11.8. The van der Waals surface area contributed by atoms with Gasteiger partial charge in [0.1, 0.15) is 5.82 Å². The number of benzene rings is 2. The third kappa shape index (κ3) is 3.82. The van der Waals surface area contributed by atoms with Gasteiger partial charge in [0.05, 0.1) is 10.6 Å². The Morgan fingerprint density at radius 2 is 1.71 bits per heavy atom. The van der Waals surface area contributed by atoms with E-state index in [2.05, 4.69) is 13.8 Å². The Bertz CT molecular complexity index is 717. The summed E-state index contributed by atoms with van der Waals surface area (Å²) in [5.41, 5.74) is 7.41. The van der Waals surface area contributed by atoms with Gasteiger partial charge in [0, 0.05) is 5.69 Å². The van der Waals surface area contributed by atoms with Crippen LogP contribution in [0.25, 0.3) is 0 Å². The number of hydrogen-bond acceptors (Lipinski definition) is 3. The Morgan fingerprint density at radius 1 is 1.10 bits per heavy atom. The van der Waals surface area contributed by atoms with Crippen LogP contribution >= 0.6 is 0 Å². The molecule has 5 heteroatoms. The zero-order chi connectivity index (χ0) is 15.6. The van der Waals surface area contributed by atoms with E-state index in [0.717, 1.165) is 17.7 Å². The summed E-state index contributed by atoms with van der Waals surface area (Å²) >= 11 is 0. The van der Waals surface area contributed by atoms with Crippen molar-refractivity contribution in [1.29, 1.82) is 0 Å². The van der Waals surface area contributed by atoms with Gasteiger partial charge >= 0.3 is 0 Å². The minimum Gasteiger partial charge on any atom is -0.399 e. The molecule has 0 aliphatic rings. The molecule has 2 aromatic carbocycles. The van der Waals surface area contributed by atoms with E-state index in [9.17, 15) is 12.8 Å². The molecule has 112 valence electrons. The fourth-order valence-corrected chi connectivity index (χ4v) is 3.47. The van der Waals surface area contributed by atoms with Crippen molar-refractivity contribution in [3.8, 4) is 0 Å². The number of sulfone groups is 1. The standard InChI is InChI=1S/C16H18FNO2S/c1-11(2)13-5-3-12(4-6-13)10-21(19,20)16-8-14(17)7-15(18)9-16/h3-9,11H,10,18H2,1-2H3. The number of nitrogens with two attached hydrogens (primary N) is 1. The van der Waals surface area contributed by atoms with Crippen molar-refractivity contribution in [3.63, 3.8) is 0 Å². The molecule has 0 fully saturated rings. The third-order valence-electron chi connectivity index (χ3n) is 3.26. The highest BCUT2D eigenvalue weighted by molar-refractivity contribution is 7.90. The maximum absolute atomic E-state index is 13.3. The van der Waals surface area contributed by atoms with Gasteiger partial charge in [-0.05, 0) is 35.2 Å². The topological polar surface area (TPSA) is 60.2 Å². The predicted octanol–water partition coefficient (Wildman–Crippen LogP) is 3.51. The van der Waals surface area contributed by atoms with Crippen LogP contribution in [-0.2, 0) is 15.6 Å². The van der Waals surface area contributed by atoms with Crippen LogP contribution in [0.3, 0.4) is 0 Å². The van der Waals surface area contributed by atoms with Crippen molar-refractivity contribution in [2.75, 3.05) is 5.73 Å².